The zero-order chi connectivity index (χ0) is 22.2. The molecule has 162 valence electrons. The van der Waals surface area contributed by atoms with Gasteiger partial charge in [-0.25, -0.2) is 13.8 Å². The van der Waals surface area contributed by atoms with Gasteiger partial charge in [0.05, 0.1) is 30.4 Å². The molecule has 5 rings (SSSR count). The fourth-order valence-corrected chi connectivity index (χ4v) is 3.71. The van der Waals surface area contributed by atoms with Gasteiger partial charge < -0.3 is 10.1 Å². The Bertz CT molecular complexity index is 1370. The summed E-state index contributed by atoms with van der Waals surface area (Å²) in [5, 5.41) is 12.3. The Kier molecular flexibility index (Phi) is 4.93. The van der Waals surface area contributed by atoms with E-state index in [1.807, 2.05) is 0 Å². The first-order valence-electron chi connectivity index (χ1n) is 10.2. The van der Waals surface area contributed by atoms with Gasteiger partial charge in [-0.1, -0.05) is 12.1 Å². The fourth-order valence-electron chi connectivity index (χ4n) is 3.71. The van der Waals surface area contributed by atoms with Gasteiger partial charge >= 0.3 is 0 Å². The molecule has 0 saturated heterocycles. The molecule has 0 spiro atoms. The van der Waals surface area contributed by atoms with Crippen LogP contribution in [0, 0.1) is 5.82 Å². The summed E-state index contributed by atoms with van der Waals surface area (Å²) in [4.78, 5) is 26.1. The molecule has 1 saturated carbocycles. The molecular weight excluding hydrogens is 413 g/mol. The molecule has 32 heavy (non-hydrogen) atoms. The highest BCUT2D eigenvalue weighted by Gasteiger charge is 2.30. The minimum atomic E-state index is -0.443. The average molecular weight is 433 g/mol. The quantitative estimate of drug-likeness (QED) is 0.504. The third-order valence-electron chi connectivity index (χ3n) is 5.42. The van der Waals surface area contributed by atoms with Crippen LogP contribution in [0.5, 0.6) is 5.75 Å². The van der Waals surface area contributed by atoms with Crippen LogP contribution in [0.3, 0.4) is 0 Å². The van der Waals surface area contributed by atoms with E-state index in [9.17, 15) is 14.0 Å². The van der Waals surface area contributed by atoms with Gasteiger partial charge in [0.2, 0.25) is 5.91 Å². The highest BCUT2D eigenvalue weighted by atomic mass is 19.1. The Morgan fingerprint density at radius 1 is 1.19 bits per heavy atom. The lowest BCUT2D eigenvalue weighted by atomic mass is 10.2. The van der Waals surface area contributed by atoms with Gasteiger partial charge in [0, 0.05) is 11.3 Å². The maximum Gasteiger partial charge on any atom is 0.293 e. The predicted octanol–water partition coefficient (Wildman–Crippen LogP) is 3.25. The van der Waals surface area contributed by atoms with E-state index >= 15 is 0 Å². The topological polar surface area (TPSA) is 91.0 Å². The van der Waals surface area contributed by atoms with Gasteiger partial charge in [0.1, 0.15) is 23.6 Å². The van der Waals surface area contributed by atoms with Crippen molar-refractivity contribution in [3.63, 3.8) is 0 Å². The smallest absolute Gasteiger partial charge is 0.293 e. The lowest BCUT2D eigenvalue weighted by Crippen LogP contribution is -2.31. The van der Waals surface area contributed by atoms with E-state index in [0.29, 0.717) is 28.0 Å². The highest BCUT2D eigenvalue weighted by Crippen LogP contribution is 2.41. The van der Waals surface area contributed by atoms with Gasteiger partial charge in [-0.2, -0.15) is 10.2 Å². The number of aromatic nitrogens is 4. The van der Waals surface area contributed by atoms with Gasteiger partial charge in [0.15, 0.2) is 0 Å². The summed E-state index contributed by atoms with van der Waals surface area (Å²) in [7, 11) is 1.52. The lowest BCUT2D eigenvalue weighted by Gasteiger charge is -2.12. The number of hydrogen-bond donors (Lipinski definition) is 1. The first-order chi connectivity index (χ1) is 15.5. The number of carbonyl (C=O) groups excluding carboxylic acids is 1. The fraction of sp³-hybridized carbons (Fsp3) is 0.217. The summed E-state index contributed by atoms with van der Waals surface area (Å²) < 4.78 is 21.3. The monoisotopic (exact) mass is 433 g/mol. The summed E-state index contributed by atoms with van der Waals surface area (Å²) in [5.74, 6) is -0.0359. The largest absolute Gasteiger partial charge is 0.495 e. The van der Waals surface area contributed by atoms with Crippen molar-refractivity contribution in [2.75, 3.05) is 12.4 Å². The van der Waals surface area contributed by atoms with Gasteiger partial charge in [-0.3, -0.25) is 9.59 Å². The predicted molar refractivity (Wildman–Crippen MR) is 117 cm³/mol. The van der Waals surface area contributed by atoms with E-state index in [2.05, 4.69) is 15.5 Å². The molecule has 1 amide bonds. The van der Waals surface area contributed by atoms with E-state index in [0.717, 1.165) is 18.5 Å². The molecule has 0 unspecified atom stereocenters. The summed E-state index contributed by atoms with van der Waals surface area (Å²) in [6.45, 7) is -0.263. The zero-order valence-electron chi connectivity index (χ0n) is 17.3. The highest BCUT2D eigenvalue weighted by molar-refractivity contribution is 5.92. The SMILES string of the molecule is COc1ccccc1NC(=O)Cn1nc(C2CC2)c2cnn(-c3ccc(F)cc3)c2c1=O. The summed E-state index contributed by atoms with van der Waals surface area (Å²) in [5.41, 5.74) is 1.68. The Hall–Kier alpha value is -4.01. The first-order valence-corrected chi connectivity index (χ1v) is 10.2. The van der Waals surface area contributed by atoms with Crippen LogP contribution >= 0.6 is 0 Å². The van der Waals surface area contributed by atoms with Gasteiger partial charge in [-0.15, -0.1) is 0 Å². The molecule has 4 aromatic rings. The second-order valence-corrected chi connectivity index (χ2v) is 7.67. The van der Waals surface area contributed by atoms with E-state index in [4.69, 9.17) is 4.74 Å². The summed E-state index contributed by atoms with van der Waals surface area (Å²) in [6, 6.07) is 12.8. The summed E-state index contributed by atoms with van der Waals surface area (Å²) in [6.07, 6.45) is 3.55. The molecular formula is C23H20FN5O3. The Morgan fingerprint density at radius 2 is 1.94 bits per heavy atom. The summed E-state index contributed by atoms with van der Waals surface area (Å²) >= 11 is 0. The number of anilines is 1. The number of hydrogen-bond acceptors (Lipinski definition) is 5. The molecule has 1 aliphatic rings. The van der Waals surface area contributed by atoms with Crippen molar-refractivity contribution in [3.05, 3.63) is 76.6 Å². The normalized spacial score (nSPS) is 13.3. The number of carbonyl (C=O) groups is 1. The van der Waals surface area contributed by atoms with Crippen molar-refractivity contribution in [1.29, 1.82) is 0 Å². The molecule has 2 aromatic carbocycles. The molecule has 8 nitrogen and oxygen atoms in total. The third-order valence-corrected chi connectivity index (χ3v) is 5.42. The van der Waals surface area contributed by atoms with E-state index in [1.165, 1.54) is 28.6 Å². The van der Waals surface area contributed by atoms with Crippen LogP contribution in [-0.2, 0) is 11.3 Å². The number of rotatable bonds is 6. The third kappa shape index (κ3) is 3.62. The molecule has 1 fully saturated rings. The molecule has 9 heteroatoms. The van der Waals surface area contributed by atoms with Crippen molar-refractivity contribution in [3.8, 4) is 11.4 Å². The number of fused-ring (bicyclic) bond motifs is 1. The number of halogens is 1. The van der Waals surface area contributed by atoms with Crippen LogP contribution in [0.25, 0.3) is 16.6 Å². The molecule has 2 aromatic heterocycles. The van der Waals surface area contributed by atoms with Crippen molar-refractivity contribution < 1.29 is 13.9 Å². The average Bonchev–Trinajstić information content (AvgIpc) is 3.54. The number of amides is 1. The number of ether oxygens (including phenoxy) is 1. The van der Waals surface area contributed by atoms with E-state index in [1.54, 1.807) is 42.6 Å². The lowest BCUT2D eigenvalue weighted by molar-refractivity contribution is -0.117. The van der Waals surface area contributed by atoms with Crippen molar-refractivity contribution in [2.24, 2.45) is 0 Å². The number of nitrogens with zero attached hydrogens (tertiary/aromatic N) is 4. The van der Waals surface area contributed by atoms with Crippen molar-refractivity contribution in [2.45, 2.75) is 25.3 Å². The molecule has 1 N–H and O–H groups in total. The van der Waals surface area contributed by atoms with Crippen LogP contribution in [0.2, 0.25) is 0 Å². The molecule has 0 bridgehead atoms. The van der Waals surface area contributed by atoms with Crippen LogP contribution in [0.4, 0.5) is 10.1 Å². The second-order valence-electron chi connectivity index (χ2n) is 7.67. The molecule has 0 atom stereocenters. The number of para-hydroxylation sites is 2. The minimum Gasteiger partial charge on any atom is -0.495 e. The number of methoxy groups -OCH3 is 1. The first kappa shape index (κ1) is 19.9. The molecule has 0 aliphatic heterocycles. The van der Waals surface area contributed by atoms with Crippen molar-refractivity contribution in [1.82, 2.24) is 19.6 Å². The number of benzene rings is 2. The Morgan fingerprint density at radius 3 is 2.66 bits per heavy atom. The zero-order valence-corrected chi connectivity index (χ0v) is 17.3. The van der Waals surface area contributed by atoms with Crippen LogP contribution in [-0.4, -0.2) is 32.6 Å². The van der Waals surface area contributed by atoms with Gasteiger partial charge in [0.25, 0.3) is 5.56 Å². The maximum absolute atomic E-state index is 13.4. The van der Waals surface area contributed by atoms with Crippen LogP contribution < -0.4 is 15.6 Å². The molecule has 1 aliphatic carbocycles. The number of nitrogens with one attached hydrogen (secondary N) is 1. The Balaban J connectivity index is 1.55. The second kappa shape index (κ2) is 7.92. The van der Waals surface area contributed by atoms with E-state index in [-0.39, 0.29) is 18.3 Å². The molecule has 0 radical (unpaired) electrons. The van der Waals surface area contributed by atoms with Crippen LogP contribution in [0.1, 0.15) is 24.5 Å². The van der Waals surface area contributed by atoms with Gasteiger partial charge in [-0.05, 0) is 49.2 Å². The minimum absolute atomic E-state index is 0.229. The maximum atomic E-state index is 13.4. The van der Waals surface area contributed by atoms with E-state index < -0.39 is 11.5 Å². The molecule has 2 heterocycles. The Labute approximate surface area is 182 Å². The van der Waals surface area contributed by atoms with Crippen molar-refractivity contribution >= 4 is 22.5 Å². The standard InChI is InChI=1S/C23H20FN5O3/c1-32-19-5-3-2-4-18(19)26-20(30)13-28-23(31)22-17(21(27-28)14-6-7-14)12-25-29(22)16-10-8-15(24)9-11-16/h2-5,8-12,14H,6-7,13H2,1H3,(H,26,30). The van der Waals surface area contributed by atoms with Crippen LogP contribution in [0.15, 0.2) is 59.5 Å².